The number of benzene rings is 1. The Morgan fingerprint density at radius 3 is 2.67 bits per heavy atom. The molecule has 1 amide bonds. The monoisotopic (exact) mass is 311 g/mol. The molecule has 0 aromatic heterocycles. The zero-order valence-electron chi connectivity index (χ0n) is 10.9. The predicted molar refractivity (Wildman–Crippen MR) is 77.4 cm³/mol. The first-order chi connectivity index (χ1) is 8.38. The molecule has 98 valence electrons. The average Bonchev–Trinajstić information content (AvgIpc) is 2.24. The van der Waals surface area contributed by atoms with Crippen LogP contribution in [0.15, 0.2) is 34.8 Å². The smallest absolute Gasteiger partial charge is 0.407 e. The van der Waals surface area contributed by atoms with Crippen molar-refractivity contribution in [3.63, 3.8) is 0 Å². The Bertz CT molecular complexity index is 436. The minimum absolute atomic E-state index is 0.403. The SMILES string of the molecule is CC(C)(C)OC(=O)NCC=Cc1ccccc1Br. The van der Waals surface area contributed by atoms with Crippen LogP contribution in [0.25, 0.3) is 6.08 Å². The molecule has 0 bridgehead atoms. The summed E-state index contributed by atoms with van der Waals surface area (Å²) in [6.45, 7) is 5.95. The van der Waals surface area contributed by atoms with Crippen LogP contribution >= 0.6 is 15.9 Å². The molecule has 4 heteroatoms. The third-order valence-corrected chi connectivity index (χ3v) is 2.69. The zero-order chi connectivity index (χ0) is 13.6. The number of ether oxygens (including phenoxy) is 1. The van der Waals surface area contributed by atoms with Crippen molar-refractivity contribution >= 4 is 28.1 Å². The van der Waals surface area contributed by atoms with Gasteiger partial charge in [0.15, 0.2) is 0 Å². The lowest BCUT2D eigenvalue weighted by Gasteiger charge is -2.19. The van der Waals surface area contributed by atoms with E-state index in [0.29, 0.717) is 6.54 Å². The van der Waals surface area contributed by atoms with Crippen LogP contribution in [0.2, 0.25) is 0 Å². The molecule has 0 aliphatic heterocycles. The molecule has 0 aliphatic rings. The van der Waals surface area contributed by atoms with Gasteiger partial charge in [-0.25, -0.2) is 4.79 Å². The maximum atomic E-state index is 11.4. The van der Waals surface area contributed by atoms with Crippen LogP contribution < -0.4 is 5.32 Å². The highest BCUT2D eigenvalue weighted by molar-refractivity contribution is 9.10. The van der Waals surface area contributed by atoms with E-state index in [1.54, 1.807) is 0 Å². The summed E-state index contributed by atoms with van der Waals surface area (Å²) in [5, 5.41) is 2.67. The molecule has 3 nitrogen and oxygen atoms in total. The van der Waals surface area contributed by atoms with Gasteiger partial charge in [0.05, 0.1) is 0 Å². The van der Waals surface area contributed by atoms with E-state index in [9.17, 15) is 4.79 Å². The highest BCUT2D eigenvalue weighted by Crippen LogP contribution is 2.16. The van der Waals surface area contributed by atoms with Gasteiger partial charge in [-0.15, -0.1) is 0 Å². The summed E-state index contributed by atoms with van der Waals surface area (Å²) in [6, 6.07) is 7.89. The number of hydrogen-bond donors (Lipinski definition) is 1. The molecule has 1 N–H and O–H groups in total. The summed E-state index contributed by atoms with van der Waals surface area (Å²) in [6.07, 6.45) is 3.42. The lowest BCUT2D eigenvalue weighted by atomic mass is 10.2. The van der Waals surface area contributed by atoms with Gasteiger partial charge in [-0.1, -0.05) is 46.3 Å². The van der Waals surface area contributed by atoms with Gasteiger partial charge in [0.1, 0.15) is 5.60 Å². The van der Waals surface area contributed by atoms with Crippen LogP contribution in [0.4, 0.5) is 4.79 Å². The number of halogens is 1. The quantitative estimate of drug-likeness (QED) is 0.916. The van der Waals surface area contributed by atoms with Gasteiger partial charge < -0.3 is 10.1 Å². The second-order valence-electron chi connectivity index (χ2n) is 4.81. The molecule has 0 radical (unpaired) electrons. The van der Waals surface area contributed by atoms with Gasteiger partial charge in [-0.3, -0.25) is 0 Å². The molecule has 18 heavy (non-hydrogen) atoms. The Hall–Kier alpha value is -1.29. The van der Waals surface area contributed by atoms with Crippen LogP contribution in [0.5, 0.6) is 0 Å². The summed E-state index contributed by atoms with van der Waals surface area (Å²) < 4.78 is 6.15. The van der Waals surface area contributed by atoms with E-state index in [1.165, 1.54) is 0 Å². The Kier molecular flexibility index (Phi) is 5.41. The first kappa shape index (κ1) is 14.8. The van der Waals surface area contributed by atoms with Crippen LogP contribution in [0.1, 0.15) is 26.3 Å². The highest BCUT2D eigenvalue weighted by atomic mass is 79.9. The Balaban J connectivity index is 2.38. The molecular formula is C14H18BrNO2. The minimum Gasteiger partial charge on any atom is -0.444 e. The molecule has 1 aromatic carbocycles. The van der Waals surface area contributed by atoms with Crippen molar-refractivity contribution in [1.82, 2.24) is 5.32 Å². The van der Waals surface area contributed by atoms with E-state index in [2.05, 4.69) is 21.2 Å². The first-order valence-corrected chi connectivity index (χ1v) is 6.56. The fourth-order valence-electron chi connectivity index (χ4n) is 1.25. The van der Waals surface area contributed by atoms with Gasteiger partial charge in [0.2, 0.25) is 0 Å². The number of amides is 1. The molecule has 1 aromatic rings. The third-order valence-electron chi connectivity index (χ3n) is 1.97. The van der Waals surface area contributed by atoms with Crippen LogP contribution in [-0.2, 0) is 4.74 Å². The van der Waals surface area contributed by atoms with E-state index in [4.69, 9.17) is 4.74 Å². The normalized spacial score (nSPS) is 11.6. The lowest BCUT2D eigenvalue weighted by Crippen LogP contribution is -2.32. The zero-order valence-corrected chi connectivity index (χ0v) is 12.5. The van der Waals surface area contributed by atoms with E-state index >= 15 is 0 Å². The number of alkyl carbamates (subject to hydrolysis) is 1. The average molecular weight is 312 g/mol. The van der Waals surface area contributed by atoms with Gasteiger partial charge in [0, 0.05) is 11.0 Å². The maximum Gasteiger partial charge on any atom is 0.407 e. The van der Waals surface area contributed by atoms with Crippen molar-refractivity contribution in [2.75, 3.05) is 6.54 Å². The molecule has 0 saturated carbocycles. The fourth-order valence-corrected chi connectivity index (χ4v) is 1.67. The van der Waals surface area contributed by atoms with Crippen molar-refractivity contribution < 1.29 is 9.53 Å². The molecule has 0 fully saturated rings. The van der Waals surface area contributed by atoms with Crippen molar-refractivity contribution in [3.8, 4) is 0 Å². The second kappa shape index (κ2) is 6.59. The van der Waals surface area contributed by atoms with Gasteiger partial charge >= 0.3 is 6.09 Å². The third kappa shape index (κ3) is 5.87. The Morgan fingerprint density at radius 2 is 2.06 bits per heavy atom. The molecule has 0 spiro atoms. The van der Waals surface area contributed by atoms with E-state index in [-0.39, 0.29) is 0 Å². The van der Waals surface area contributed by atoms with Gasteiger partial charge in [-0.05, 0) is 32.4 Å². The summed E-state index contributed by atoms with van der Waals surface area (Å²) in [5.41, 5.74) is 0.611. The molecule has 1 rings (SSSR count). The number of hydrogen-bond acceptors (Lipinski definition) is 2. The van der Waals surface area contributed by atoms with Crippen molar-refractivity contribution in [1.29, 1.82) is 0 Å². The van der Waals surface area contributed by atoms with Crippen molar-refractivity contribution in [2.24, 2.45) is 0 Å². The molecular weight excluding hydrogens is 294 g/mol. The number of nitrogens with one attached hydrogen (secondary N) is 1. The highest BCUT2D eigenvalue weighted by Gasteiger charge is 2.14. The van der Waals surface area contributed by atoms with Crippen LogP contribution in [-0.4, -0.2) is 18.2 Å². The topological polar surface area (TPSA) is 38.3 Å². The summed E-state index contributed by atoms with van der Waals surface area (Å²) in [4.78, 5) is 11.4. The first-order valence-electron chi connectivity index (χ1n) is 5.76. The molecule has 0 aliphatic carbocycles. The number of carbonyl (C=O) groups is 1. The summed E-state index contributed by atoms with van der Waals surface area (Å²) in [5.74, 6) is 0. The second-order valence-corrected chi connectivity index (χ2v) is 5.66. The van der Waals surface area contributed by atoms with Crippen molar-refractivity contribution in [2.45, 2.75) is 26.4 Å². The predicted octanol–water partition coefficient (Wildman–Crippen LogP) is 3.99. The molecule has 0 saturated heterocycles. The lowest BCUT2D eigenvalue weighted by molar-refractivity contribution is 0.0534. The summed E-state index contributed by atoms with van der Waals surface area (Å²) in [7, 11) is 0. The molecule has 0 atom stereocenters. The number of rotatable bonds is 3. The number of carbonyl (C=O) groups excluding carboxylic acids is 1. The standard InChI is InChI=1S/C14H18BrNO2/c1-14(2,3)18-13(17)16-10-6-8-11-7-4-5-9-12(11)15/h4-9H,10H2,1-3H3,(H,16,17). The van der Waals surface area contributed by atoms with Crippen LogP contribution in [0, 0.1) is 0 Å². The Labute approximate surface area is 116 Å². The van der Waals surface area contributed by atoms with E-state index in [0.717, 1.165) is 10.0 Å². The largest absolute Gasteiger partial charge is 0.444 e. The summed E-state index contributed by atoms with van der Waals surface area (Å²) >= 11 is 3.45. The van der Waals surface area contributed by atoms with Gasteiger partial charge in [0.25, 0.3) is 0 Å². The van der Waals surface area contributed by atoms with Crippen LogP contribution in [0.3, 0.4) is 0 Å². The minimum atomic E-state index is -0.462. The Morgan fingerprint density at radius 1 is 1.39 bits per heavy atom. The maximum absolute atomic E-state index is 11.4. The van der Waals surface area contributed by atoms with Gasteiger partial charge in [-0.2, -0.15) is 0 Å². The van der Waals surface area contributed by atoms with Crippen molar-refractivity contribution in [3.05, 3.63) is 40.4 Å². The van der Waals surface area contributed by atoms with E-state index < -0.39 is 11.7 Å². The molecule has 0 heterocycles. The molecule has 0 unspecified atom stereocenters. The fraction of sp³-hybridized carbons (Fsp3) is 0.357. The van der Waals surface area contributed by atoms with E-state index in [1.807, 2.05) is 57.2 Å².